The van der Waals surface area contributed by atoms with Gasteiger partial charge in [-0.05, 0) is 82.0 Å². The van der Waals surface area contributed by atoms with E-state index in [0.717, 1.165) is 58.7 Å². The fourth-order valence-electron chi connectivity index (χ4n) is 6.87. The summed E-state index contributed by atoms with van der Waals surface area (Å²) in [6, 6.07) is 20.3. The molecule has 2 aromatic carbocycles. The number of hydrogen-bond acceptors (Lipinski definition) is 7. The van der Waals surface area contributed by atoms with Crippen molar-refractivity contribution in [2.45, 2.75) is 62.7 Å². The molecule has 4 aromatic rings. The van der Waals surface area contributed by atoms with E-state index in [4.69, 9.17) is 15.6 Å². The van der Waals surface area contributed by atoms with Gasteiger partial charge in [0.05, 0.1) is 11.4 Å². The topological polar surface area (TPSA) is 85.3 Å². The molecule has 3 aliphatic rings. The summed E-state index contributed by atoms with van der Waals surface area (Å²) in [4.78, 5) is 14.4. The standard InChI is InChI=1S/C30H35N7O/c1-35-23-13-14-24(35)18-36(17-23)21-9-11-22(12-10-21)37-30-27(29(31)32-19-33-30)28(34-37)20-7-15-26(16-8-20)38-25-5-3-2-4-6-25/h2-8,15-16,19,21-24H,9-14,17-18H2,1H3,(H2,31,32,33)/t21-,22-,23?,24?. The average Bonchev–Trinajstić information content (AvgIpc) is 3.42. The monoisotopic (exact) mass is 509 g/mol. The first-order valence-corrected chi connectivity index (χ1v) is 13.9. The maximum atomic E-state index is 6.39. The van der Waals surface area contributed by atoms with E-state index >= 15 is 0 Å². The Labute approximate surface area is 223 Å². The zero-order valence-corrected chi connectivity index (χ0v) is 21.9. The lowest BCUT2D eigenvalue weighted by Crippen LogP contribution is -2.55. The van der Waals surface area contributed by atoms with Crippen molar-refractivity contribution in [2.24, 2.45) is 0 Å². The second kappa shape index (κ2) is 9.67. The van der Waals surface area contributed by atoms with Gasteiger partial charge in [-0.3, -0.25) is 9.80 Å². The van der Waals surface area contributed by atoms with Gasteiger partial charge in [0.2, 0.25) is 0 Å². The number of anilines is 1. The largest absolute Gasteiger partial charge is 0.457 e. The molecule has 0 amide bonds. The van der Waals surface area contributed by atoms with Gasteiger partial charge in [0.25, 0.3) is 0 Å². The number of nitrogens with two attached hydrogens (primary N) is 1. The third kappa shape index (κ3) is 4.22. The van der Waals surface area contributed by atoms with Crippen LogP contribution in [0.25, 0.3) is 22.3 Å². The number of nitrogens with zero attached hydrogens (tertiary/aromatic N) is 6. The summed E-state index contributed by atoms with van der Waals surface area (Å²) in [5.74, 6) is 2.07. The Bertz CT molecular complexity index is 1400. The van der Waals surface area contributed by atoms with Gasteiger partial charge in [-0.15, -0.1) is 0 Å². The number of nitrogen functional groups attached to an aromatic ring is 1. The molecule has 0 radical (unpaired) electrons. The fraction of sp³-hybridized carbons (Fsp3) is 0.433. The van der Waals surface area contributed by atoms with Crippen molar-refractivity contribution in [2.75, 3.05) is 25.9 Å². The van der Waals surface area contributed by atoms with Crippen LogP contribution in [0.5, 0.6) is 11.5 Å². The Balaban J connectivity index is 1.11. The maximum absolute atomic E-state index is 6.39. The van der Waals surface area contributed by atoms with E-state index in [1.807, 2.05) is 54.6 Å². The minimum absolute atomic E-state index is 0.321. The Morgan fingerprint density at radius 1 is 0.763 bits per heavy atom. The Morgan fingerprint density at radius 3 is 2.11 bits per heavy atom. The van der Waals surface area contributed by atoms with Crippen molar-refractivity contribution in [3.05, 3.63) is 60.9 Å². The molecule has 38 heavy (non-hydrogen) atoms. The molecule has 1 saturated carbocycles. The van der Waals surface area contributed by atoms with Gasteiger partial charge in [0.15, 0.2) is 5.65 Å². The maximum Gasteiger partial charge on any atom is 0.164 e. The number of benzene rings is 2. The third-order valence-electron chi connectivity index (χ3n) is 9.03. The molecule has 1 aliphatic carbocycles. The molecule has 0 spiro atoms. The molecule has 8 nitrogen and oxygen atoms in total. The number of likely N-dealkylation sites (tertiary alicyclic amines) is 1. The fourth-order valence-corrected chi connectivity index (χ4v) is 6.87. The molecule has 2 N–H and O–H groups in total. The molecule has 2 atom stereocenters. The van der Waals surface area contributed by atoms with Gasteiger partial charge in [-0.25, -0.2) is 14.6 Å². The van der Waals surface area contributed by atoms with E-state index < -0.39 is 0 Å². The molecule has 196 valence electrons. The van der Waals surface area contributed by atoms with Crippen LogP contribution in [-0.4, -0.2) is 67.8 Å². The summed E-state index contributed by atoms with van der Waals surface area (Å²) in [5, 5.41) is 5.95. The summed E-state index contributed by atoms with van der Waals surface area (Å²) in [7, 11) is 2.31. The molecular formula is C30H35N7O. The van der Waals surface area contributed by atoms with Crippen molar-refractivity contribution < 1.29 is 4.74 Å². The van der Waals surface area contributed by atoms with Crippen LogP contribution in [0.1, 0.15) is 44.6 Å². The lowest BCUT2D eigenvalue weighted by molar-refractivity contribution is 0.0393. The highest BCUT2D eigenvalue weighted by Crippen LogP contribution is 2.39. The van der Waals surface area contributed by atoms with E-state index in [-0.39, 0.29) is 0 Å². The number of ether oxygens (including phenoxy) is 1. The third-order valence-corrected chi connectivity index (χ3v) is 9.03. The van der Waals surface area contributed by atoms with E-state index in [1.54, 1.807) is 6.33 Å². The number of piperazine rings is 1. The molecule has 4 heterocycles. The van der Waals surface area contributed by atoms with E-state index in [2.05, 4.69) is 31.5 Å². The summed E-state index contributed by atoms with van der Waals surface area (Å²) in [6.07, 6.45) is 8.90. The molecule has 3 fully saturated rings. The Kier molecular flexibility index (Phi) is 6.01. The molecule has 2 aromatic heterocycles. The molecule has 2 aliphatic heterocycles. The minimum atomic E-state index is 0.321. The van der Waals surface area contributed by atoms with Gasteiger partial charge < -0.3 is 10.5 Å². The van der Waals surface area contributed by atoms with Gasteiger partial charge >= 0.3 is 0 Å². The normalized spacial score (nSPS) is 26.1. The SMILES string of the molecule is CN1C2CCC1CN([C@H]1CC[C@H](n3nc(-c4ccc(Oc5ccccc5)cc4)c4c(N)ncnc43)CC1)C2. The van der Waals surface area contributed by atoms with Crippen LogP contribution in [0.3, 0.4) is 0 Å². The lowest BCUT2D eigenvalue weighted by atomic mass is 9.89. The predicted molar refractivity (Wildman–Crippen MR) is 149 cm³/mol. The molecule has 2 unspecified atom stereocenters. The van der Waals surface area contributed by atoms with Crippen molar-refractivity contribution in [1.29, 1.82) is 0 Å². The molecule has 2 saturated heterocycles. The first kappa shape index (κ1) is 23.6. The summed E-state index contributed by atoms with van der Waals surface area (Å²) in [5.41, 5.74) is 9.04. The summed E-state index contributed by atoms with van der Waals surface area (Å²) in [6.45, 7) is 2.45. The first-order chi connectivity index (χ1) is 18.6. The van der Waals surface area contributed by atoms with Gasteiger partial charge in [-0.2, -0.15) is 5.10 Å². The van der Waals surface area contributed by atoms with Crippen LogP contribution >= 0.6 is 0 Å². The number of fused-ring (bicyclic) bond motifs is 3. The number of likely N-dealkylation sites (N-methyl/N-ethyl adjacent to an activating group) is 1. The smallest absolute Gasteiger partial charge is 0.164 e. The quantitative estimate of drug-likeness (QED) is 0.399. The minimum Gasteiger partial charge on any atom is -0.457 e. The first-order valence-electron chi connectivity index (χ1n) is 13.9. The Morgan fingerprint density at radius 2 is 1.39 bits per heavy atom. The van der Waals surface area contributed by atoms with Crippen molar-refractivity contribution in [3.8, 4) is 22.8 Å². The zero-order chi connectivity index (χ0) is 25.6. The molecule has 8 heteroatoms. The summed E-state index contributed by atoms with van der Waals surface area (Å²) >= 11 is 0. The second-order valence-corrected chi connectivity index (χ2v) is 11.2. The van der Waals surface area contributed by atoms with Crippen LogP contribution in [-0.2, 0) is 0 Å². The highest BCUT2D eigenvalue weighted by molar-refractivity contribution is 5.98. The predicted octanol–water partition coefficient (Wildman–Crippen LogP) is 5.13. The van der Waals surface area contributed by atoms with Crippen LogP contribution in [0.4, 0.5) is 5.82 Å². The van der Waals surface area contributed by atoms with Gasteiger partial charge in [-0.1, -0.05) is 18.2 Å². The van der Waals surface area contributed by atoms with Crippen LogP contribution in [0, 0.1) is 0 Å². The molecule has 2 bridgehead atoms. The average molecular weight is 510 g/mol. The van der Waals surface area contributed by atoms with E-state index in [0.29, 0.717) is 17.9 Å². The van der Waals surface area contributed by atoms with Crippen LogP contribution < -0.4 is 10.5 Å². The highest BCUT2D eigenvalue weighted by atomic mass is 16.5. The number of aromatic nitrogens is 4. The van der Waals surface area contributed by atoms with Gasteiger partial charge in [0, 0.05) is 36.8 Å². The molecule has 7 rings (SSSR count). The number of hydrogen-bond donors (Lipinski definition) is 1. The molecular weight excluding hydrogens is 474 g/mol. The van der Waals surface area contributed by atoms with Crippen molar-refractivity contribution in [1.82, 2.24) is 29.5 Å². The Hall–Kier alpha value is -3.49. The summed E-state index contributed by atoms with van der Waals surface area (Å²) < 4.78 is 8.11. The zero-order valence-electron chi connectivity index (χ0n) is 21.9. The van der Waals surface area contributed by atoms with Crippen molar-refractivity contribution >= 4 is 16.9 Å². The van der Waals surface area contributed by atoms with Crippen LogP contribution in [0.2, 0.25) is 0 Å². The second-order valence-electron chi connectivity index (χ2n) is 11.2. The lowest BCUT2D eigenvalue weighted by Gasteiger charge is -2.44. The highest BCUT2D eigenvalue weighted by Gasteiger charge is 2.40. The van der Waals surface area contributed by atoms with E-state index in [9.17, 15) is 0 Å². The number of para-hydroxylation sites is 1. The van der Waals surface area contributed by atoms with Crippen molar-refractivity contribution in [3.63, 3.8) is 0 Å². The van der Waals surface area contributed by atoms with Crippen LogP contribution in [0.15, 0.2) is 60.9 Å². The van der Waals surface area contributed by atoms with E-state index in [1.165, 1.54) is 38.8 Å². The number of rotatable bonds is 5. The van der Waals surface area contributed by atoms with Gasteiger partial charge in [0.1, 0.15) is 29.3 Å².